The second kappa shape index (κ2) is 12.8. The molecule has 1 saturated heterocycles. The van der Waals surface area contributed by atoms with Crippen molar-refractivity contribution in [3.63, 3.8) is 0 Å². The normalized spacial score (nSPS) is 17.0. The Morgan fingerprint density at radius 1 is 0.610 bits per heavy atom. The number of hydrogen-bond donors (Lipinski definition) is 1. The summed E-state index contributed by atoms with van der Waals surface area (Å²) in [5.41, 5.74) is 9.10. The topological polar surface area (TPSA) is 38.7 Å². The molecule has 0 unspecified atom stereocenters. The molecule has 0 bridgehead atoms. The summed E-state index contributed by atoms with van der Waals surface area (Å²) < 4.78 is 10.6. The van der Waals surface area contributed by atoms with Gasteiger partial charge in [0.25, 0.3) is 0 Å². The minimum absolute atomic E-state index is 0.0535. The van der Waals surface area contributed by atoms with E-state index in [1.54, 1.807) is 0 Å². The van der Waals surface area contributed by atoms with Gasteiger partial charge in [-0.2, -0.15) is 0 Å². The third-order valence-corrected chi connectivity index (χ3v) is 10.9. The van der Waals surface area contributed by atoms with Crippen LogP contribution in [0.2, 0.25) is 0 Å². The van der Waals surface area contributed by atoms with Gasteiger partial charge in [0.1, 0.15) is 0 Å². The molecular weight excluding hydrogens is 523 g/mol. The fraction of sp³-hybridized carbons (Fsp3) is 0.676. The first-order chi connectivity index (χ1) is 18.7. The summed E-state index contributed by atoms with van der Waals surface area (Å²) in [4.78, 5) is 10.2. The molecule has 1 aliphatic heterocycles. The molecule has 41 heavy (non-hydrogen) atoms. The Labute approximate surface area is 253 Å². The van der Waals surface area contributed by atoms with Crippen LogP contribution < -0.4 is 0 Å². The molecule has 1 heterocycles. The minimum atomic E-state index is -2.76. The van der Waals surface area contributed by atoms with Crippen LogP contribution in [-0.4, -0.2) is 17.8 Å². The first-order valence-electron chi connectivity index (χ1n) is 16.0. The molecule has 0 spiro atoms. The standard InChI is InChI=1S/C37H61O3P/c1-34(2,3)27-19-21-30(32(24-27)36(7,8)9)29(18-16-14-13-15-17-23-41(38)39-26-40-41)31-22-20-28(35(4,5)6)25-33(31)37(10,11)12/h19-22,24-25,29,38,41H,13-18,23,26H2,1-12H3. The van der Waals surface area contributed by atoms with Crippen LogP contribution in [0, 0.1) is 0 Å². The van der Waals surface area contributed by atoms with Crippen molar-refractivity contribution in [2.75, 3.05) is 13.0 Å². The molecule has 2 aromatic carbocycles. The van der Waals surface area contributed by atoms with E-state index in [0.717, 1.165) is 19.3 Å². The third kappa shape index (κ3) is 9.12. The first-order valence-corrected chi connectivity index (χ1v) is 18.0. The van der Waals surface area contributed by atoms with Gasteiger partial charge in [-0.15, -0.1) is 0 Å². The fourth-order valence-corrected chi connectivity index (χ4v) is 7.37. The van der Waals surface area contributed by atoms with Gasteiger partial charge in [-0.05, 0) is 10.8 Å². The predicted molar refractivity (Wildman–Crippen MR) is 180 cm³/mol. The van der Waals surface area contributed by atoms with Crippen molar-refractivity contribution < 1.29 is 13.9 Å². The molecule has 232 valence electrons. The molecule has 3 nitrogen and oxygen atoms in total. The first kappa shape index (κ1) is 34.2. The van der Waals surface area contributed by atoms with Crippen LogP contribution in [0.4, 0.5) is 0 Å². The molecule has 1 fully saturated rings. The quantitative estimate of drug-likeness (QED) is 0.223. The van der Waals surface area contributed by atoms with Gasteiger partial charge in [0.15, 0.2) is 0 Å². The van der Waals surface area contributed by atoms with Gasteiger partial charge >= 0.3 is 201 Å². The van der Waals surface area contributed by atoms with Gasteiger partial charge in [0.2, 0.25) is 0 Å². The van der Waals surface area contributed by atoms with Gasteiger partial charge in [-0.25, -0.2) is 0 Å². The second-order valence-electron chi connectivity index (χ2n) is 16.6. The van der Waals surface area contributed by atoms with E-state index in [0.29, 0.717) is 12.1 Å². The van der Waals surface area contributed by atoms with E-state index in [4.69, 9.17) is 9.05 Å². The summed E-state index contributed by atoms with van der Waals surface area (Å²) in [5.74, 6) is 0.353. The van der Waals surface area contributed by atoms with E-state index in [1.807, 2.05) is 0 Å². The van der Waals surface area contributed by atoms with Crippen LogP contribution in [0.5, 0.6) is 0 Å². The zero-order valence-electron chi connectivity index (χ0n) is 28.5. The molecule has 1 aliphatic rings. The Morgan fingerprint density at radius 3 is 1.39 bits per heavy atom. The van der Waals surface area contributed by atoms with Gasteiger partial charge < -0.3 is 0 Å². The van der Waals surface area contributed by atoms with Crippen LogP contribution in [0.3, 0.4) is 0 Å². The molecule has 1 N–H and O–H groups in total. The van der Waals surface area contributed by atoms with Crippen molar-refractivity contribution in [2.24, 2.45) is 0 Å². The SMILES string of the molecule is CC(C)(C)c1ccc(C(CCCCCCC[PH]2(O)OCO2)c2ccc(C(C)(C)C)cc2C(C)(C)C)c(C(C)(C)C)c1. The van der Waals surface area contributed by atoms with Crippen LogP contribution in [-0.2, 0) is 30.7 Å². The number of benzene rings is 2. The van der Waals surface area contributed by atoms with E-state index in [9.17, 15) is 4.89 Å². The monoisotopic (exact) mass is 584 g/mol. The summed E-state index contributed by atoms with van der Waals surface area (Å²) in [5, 5.41) is 0. The summed E-state index contributed by atoms with van der Waals surface area (Å²) in [6.07, 6.45) is 7.51. The number of unbranched alkanes of at least 4 members (excludes halogenated alkanes) is 4. The van der Waals surface area contributed by atoms with Crippen LogP contribution in [0.1, 0.15) is 161 Å². The van der Waals surface area contributed by atoms with E-state index in [-0.39, 0.29) is 28.5 Å². The second-order valence-corrected chi connectivity index (χ2v) is 19.1. The maximum absolute atomic E-state index is 10.2. The van der Waals surface area contributed by atoms with Crippen LogP contribution >= 0.6 is 7.94 Å². The molecule has 2 aromatic rings. The molecule has 0 saturated carbocycles. The maximum atomic E-state index is 10.2. The molecule has 0 aromatic heterocycles. The number of hydrogen-bond acceptors (Lipinski definition) is 3. The average molecular weight is 585 g/mol. The Bertz CT molecular complexity index is 1080. The van der Waals surface area contributed by atoms with Gasteiger partial charge in [-0.1, -0.05) is 41.5 Å². The van der Waals surface area contributed by atoms with Crippen LogP contribution in [0.25, 0.3) is 0 Å². The zero-order valence-corrected chi connectivity index (χ0v) is 29.5. The van der Waals surface area contributed by atoms with E-state index >= 15 is 0 Å². The van der Waals surface area contributed by atoms with Crippen molar-refractivity contribution in [2.45, 2.75) is 149 Å². The number of rotatable bonds is 10. The van der Waals surface area contributed by atoms with E-state index in [2.05, 4.69) is 119 Å². The van der Waals surface area contributed by atoms with Gasteiger partial charge in [0, 0.05) is 0 Å². The summed E-state index contributed by atoms with van der Waals surface area (Å²) in [7, 11) is -2.76. The molecule has 0 amide bonds. The zero-order chi connectivity index (χ0) is 30.9. The van der Waals surface area contributed by atoms with Crippen molar-refractivity contribution in [3.05, 3.63) is 69.8 Å². The van der Waals surface area contributed by atoms with Crippen LogP contribution in [0.15, 0.2) is 36.4 Å². The van der Waals surface area contributed by atoms with Crippen molar-refractivity contribution in [1.29, 1.82) is 0 Å². The molecule has 3 rings (SSSR count). The Morgan fingerprint density at radius 2 is 1.02 bits per heavy atom. The third-order valence-electron chi connectivity index (χ3n) is 8.76. The summed E-state index contributed by atoms with van der Waals surface area (Å²) in [6.45, 7) is 28.4. The molecular formula is C37H61O3P. The Balaban J connectivity index is 1.98. The van der Waals surface area contributed by atoms with Gasteiger partial charge in [0.05, 0.1) is 0 Å². The van der Waals surface area contributed by atoms with E-state index < -0.39 is 7.94 Å². The Kier molecular flexibility index (Phi) is 10.7. The molecule has 0 atom stereocenters. The van der Waals surface area contributed by atoms with Gasteiger partial charge in [-0.3, -0.25) is 0 Å². The Hall–Kier alpha value is -1.25. The molecule has 4 heteroatoms. The average Bonchev–Trinajstić information content (AvgIpc) is 2.82. The summed E-state index contributed by atoms with van der Waals surface area (Å²) in [6, 6.07) is 14.7. The van der Waals surface area contributed by atoms with Crippen molar-refractivity contribution in [3.8, 4) is 0 Å². The summed E-state index contributed by atoms with van der Waals surface area (Å²) >= 11 is 0. The fourth-order valence-electron chi connectivity index (χ4n) is 6.00. The molecule has 0 aliphatic carbocycles. The van der Waals surface area contributed by atoms with E-state index in [1.165, 1.54) is 52.6 Å². The van der Waals surface area contributed by atoms with Crippen molar-refractivity contribution in [1.82, 2.24) is 0 Å². The van der Waals surface area contributed by atoms with Crippen molar-refractivity contribution >= 4 is 7.94 Å². The molecule has 0 radical (unpaired) electrons. The predicted octanol–water partition coefficient (Wildman–Crippen LogP) is 10.8.